The number of fused-ring (bicyclic) bond motifs is 1. The summed E-state index contributed by atoms with van der Waals surface area (Å²) in [6.07, 6.45) is -0.907. The normalized spacial score (nSPS) is 16.0. The number of ether oxygens (including phenoxy) is 2. The Morgan fingerprint density at radius 1 is 1.05 bits per heavy atom. The topological polar surface area (TPSA) is 93.2 Å². The molecule has 0 saturated carbocycles. The standard InChI is InChI=1S/C30H33F3N6O2.ClH/c1-3-40-26(30(31,32)33)18-37-24-10-4-8-22-21(24)12-11-19(2)27(22)41-28-23(9-6-15-35-28)25-13-16-36-29(39-25)38-20-7-5-14-34-17-20;/h4,6,8-13,15-16,20,26,34,37H,3,5,7,14,17-18H2,1-2H3,(H,36,38,39);1H/t20-,26?;/m0./s1. The highest BCUT2D eigenvalue weighted by atomic mass is 35.5. The van der Waals surface area contributed by atoms with Gasteiger partial charge in [0.1, 0.15) is 5.75 Å². The van der Waals surface area contributed by atoms with Crippen LogP contribution in [0.25, 0.3) is 22.0 Å². The maximum absolute atomic E-state index is 13.4. The Morgan fingerprint density at radius 2 is 1.90 bits per heavy atom. The second kappa shape index (κ2) is 14.0. The molecule has 1 saturated heterocycles. The number of halogens is 4. The number of alkyl halides is 3. The van der Waals surface area contributed by atoms with Gasteiger partial charge in [-0.1, -0.05) is 24.3 Å². The van der Waals surface area contributed by atoms with E-state index < -0.39 is 18.8 Å². The number of nitrogens with one attached hydrogen (secondary N) is 3. The molecule has 224 valence electrons. The molecule has 1 aliphatic heterocycles. The summed E-state index contributed by atoms with van der Waals surface area (Å²) in [5, 5.41) is 11.2. The van der Waals surface area contributed by atoms with Crippen molar-refractivity contribution in [3.63, 3.8) is 0 Å². The fourth-order valence-corrected chi connectivity index (χ4v) is 4.90. The number of hydrogen-bond acceptors (Lipinski definition) is 8. The summed E-state index contributed by atoms with van der Waals surface area (Å²) in [6.45, 7) is 4.88. The fraction of sp³-hybridized carbons (Fsp3) is 0.367. The highest BCUT2D eigenvalue weighted by Crippen LogP contribution is 2.39. The first-order chi connectivity index (χ1) is 19.8. The average molecular weight is 603 g/mol. The van der Waals surface area contributed by atoms with Crippen molar-refractivity contribution in [1.82, 2.24) is 20.3 Å². The van der Waals surface area contributed by atoms with Crippen molar-refractivity contribution in [2.45, 2.75) is 45.0 Å². The number of benzene rings is 2. The summed E-state index contributed by atoms with van der Waals surface area (Å²) < 4.78 is 51.6. The Hall–Kier alpha value is -3.67. The van der Waals surface area contributed by atoms with Crippen molar-refractivity contribution >= 4 is 34.8 Å². The number of rotatable bonds is 10. The lowest BCUT2D eigenvalue weighted by molar-refractivity contribution is -0.214. The fourth-order valence-electron chi connectivity index (χ4n) is 4.90. The van der Waals surface area contributed by atoms with E-state index in [1.807, 2.05) is 43.3 Å². The summed E-state index contributed by atoms with van der Waals surface area (Å²) >= 11 is 0. The molecule has 3 N–H and O–H groups in total. The van der Waals surface area contributed by atoms with Crippen LogP contribution in [0.5, 0.6) is 11.6 Å². The molecule has 1 unspecified atom stereocenters. The number of piperidine rings is 1. The Balaban J connectivity index is 0.00000405. The van der Waals surface area contributed by atoms with E-state index in [1.165, 1.54) is 0 Å². The molecule has 0 aliphatic carbocycles. The second-order valence-electron chi connectivity index (χ2n) is 9.89. The number of aromatic nitrogens is 3. The van der Waals surface area contributed by atoms with Crippen LogP contribution in [0.15, 0.2) is 60.9 Å². The molecule has 3 heterocycles. The zero-order chi connectivity index (χ0) is 28.8. The zero-order valence-electron chi connectivity index (χ0n) is 23.4. The Labute approximate surface area is 248 Å². The summed E-state index contributed by atoms with van der Waals surface area (Å²) in [5.41, 5.74) is 2.74. The van der Waals surface area contributed by atoms with Crippen LogP contribution in [0.3, 0.4) is 0 Å². The van der Waals surface area contributed by atoms with Gasteiger partial charge in [0.15, 0.2) is 6.10 Å². The van der Waals surface area contributed by atoms with Gasteiger partial charge in [0.05, 0.1) is 17.8 Å². The largest absolute Gasteiger partial charge is 0.437 e. The van der Waals surface area contributed by atoms with Gasteiger partial charge < -0.3 is 25.4 Å². The minimum atomic E-state index is -4.47. The molecule has 1 fully saturated rings. The first kappa shape index (κ1) is 31.3. The maximum Gasteiger partial charge on any atom is 0.416 e. The third kappa shape index (κ3) is 7.39. The van der Waals surface area contributed by atoms with Gasteiger partial charge in [0.25, 0.3) is 0 Å². The maximum atomic E-state index is 13.4. The molecule has 8 nitrogen and oxygen atoms in total. The van der Waals surface area contributed by atoms with Crippen LogP contribution in [0.4, 0.5) is 24.8 Å². The highest BCUT2D eigenvalue weighted by Gasteiger charge is 2.40. The van der Waals surface area contributed by atoms with Gasteiger partial charge >= 0.3 is 6.18 Å². The molecular formula is C30H34ClF3N6O2. The van der Waals surface area contributed by atoms with Crippen LogP contribution in [-0.2, 0) is 4.74 Å². The van der Waals surface area contributed by atoms with Crippen molar-refractivity contribution in [2.75, 3.05) is 36.9 Å². The van der Waals surface area contributed by atoms with Gasteiger partial charge in [-0.05, 0) is 63.1 Å². The van der Waals surface area contributed by atoms with E-state index in [0.717, 1.165) is 42.3 Å². The van der Waals surface area contributed by atoms with Crippen molar-refractivity contribution < 1.29 is 22.6 Å². The summed E-state index contributed by atoms with van der Waals surface area (Å²) in [4.78, 5) is 13.6. The first-order valence-corrected chi connectivity index (χ1v) is 13.7. The first-order valence-electron chi connectivity index (χ1n) is 13.7. The summed E-state index contributed by atoms with van der Waals surface area (Å²) in [5.74, 6) is 1.45. The average Bonchev–Trinajstić information content (AvgIpc) is 2.97. The molecule has 2 aromatic carbocycles. The van der Waals surface area contributed by atoms with Crippen molar-refractivity contribution in [2.24, 2.45) is 0 Å². The van der Waals surface area contributed by atoms with Gasteiger partial charge in [-0.2, -0.15) is 13.2 Å². The molecule has 2 aromatic heterocycles. The number of hydrogen-bond donors (Lipinski definition) is 3. The molecule has 42 heavy (non-hydrogen) atoms. The molecule has 0 radical (unpaired) electrons. The quantitative estimate of drug-likeness (QED) is 0.183. The van der Waals surface area contributed by atoms with E-state index in [9.17, 15) is 13.2 Å². The highest BCUT2D eigenvalue weighted by molar-refractivity contribution is 5.98. The second-order valence-corrected chi connectivity index (χ2v) is 9.89. The molecule has 0 amide bonds. The number of aryl methyl sites for hydroxylation is 1. The van der Waals surface area contributed by atoms with Gasteiger partial charge in [-0.15, -0.1) is 12.4 Å². The van der Waals surface area contributed by atoms with Crippen molar-refractivity contribution in [3.05, 3.63) is 66.5 Å². The predicted octanol–water partition coefficient (Wildman–Crippen LogP) is 6.76. The molecule has 0 bridgehead atoms. The van der Waals surface area contributed by atoms with E-state index in [-0.39, 0.29) is 25.1 Å². The van der Waals surface area contributed by atoms with E-state index >= 15 is 0 Å². The summed E-state index contributed by atoms with van der Waals surface area (Å²) in [7, 11) is 0. The summed E-state index contributed by atoms with van der Waals surface area (Å²) in [6, 6.07) is 14.9. The number of nitrogens with zero attached hydrogens (tertiary/aromatic N) is 3. The van der Waals surface area contributed by atoms with E-state index in [2.05, 4.69) is 25.9 Å². The zero-order valence-corrected chi connectivity index (χ0v) is 24.2. The minimum Gasteiger partial charge on any atom is -0.437 e. The third-order valence-electron chi connectivity index (χ3n) is 6.95. The Morgan fingerprint density at radius 3 is 2.67 bits per heavy atom. The van der Waals surface area contributed by atoms with E-state index in [1.54, 1.807) is 31.5 Å². The van der Waals surface area contributed by atoms with Gasteiger partial charge in [0.2, 0.25) is 11.8 Å². The molecule has 1 aliphatic rings. The van der Waals surface area contributed by atoms with Gasteiger partial charge in [-0.25, -0.2) is 15.0 Å². The van der Waals surface area contributed by atoms with Gasteiger partial charge in [-0.3, -0.25) is 0 Å². The van der Waals surface area contributed by atoms with Crippen LogP contribution in [0, 0.1) is 6.92 Å². The molecule has 2 atom stereocenters. The lowest BCUT2D eigenvalue weighted by Crippen LogP contribution is -2.38. The molecular weight excluding hydrogens is 569 g/mol. The van der Waals surface area contributed by atoms with E-state index in [0.29, 0.717) is 34.5 Å². The smallest absolute Gasteiger partial charge is 0.416 e. The van der Waals surface area contributed by atoms with Crippen LogP contribution < -0.4 is 20.7 Å². The lowest BCUT2D eigenvalue weighted by Gasteiger charge is -2.23. The van der Waals surface area contributed by atoms with Crippen LogP contribution in [-0.4, -0.2) is 59.5 Å². The van der Waals surface area contributed by atoms with Crippen molar-refractivity contribution in [3.8, 4) is 22.9 Å². The van der Waals surface area contributed by atoms with Crippen LogP contribution in [0.1, 0.15) is 25.3 Å². The van der Waals surface area contributed by atoms with Crippen LogP contribution in [0.2, 0.25) is 0 Å². The lowest BCUT2D eigenvalue weighted by atomic mass is 10.0. The van der Waals surface area contributed by atoms with E-state index in [4.69, 9.17) is 14.5 Å². The molecule has 0 spiro atoms. The monoisotopic (exact) mass is 602 g/mol. The van der Waals surface area contributed by atoms with Crippen molar-refractivity contribution in [1.29, 1.82) is 0 Å². The minimum absolute atomic E-state index is 0. The molecule has 12 heteroatoms. The van der Waals surface area contributed by atoms with Crippen LogP contribution >= 0.6 is 12.4 Å². The Kier molecular flexibility index (Phi) is 10.4. The van der Waals surface area contributed by atoms with Gasteiger partial charge in [0, 0.05) is 48.0 Å². The third-order valence-corrected chi connectivity index (χ3v) is 6.95. The number of pyridine rings is 1. The predicted molar refractivity (Wildman–Crippen MR) is 161 cm³/mol. The number of anilines is 2. The molecule has 4 aromatic rings. The SMILES string of the molecule is CCOC(CNc1cccc2c(Oc3ncccc3-c3ccnc(N[C@H]4CCCNC4)n3)c(C)ccc12)C(F)(F)F.Cl. The molecule has 5 rings (SSSR count). The Bertz CT molecular complexity index is 1480.